The van der Waals surface area contributed by atoms with Crippen LogP contribution >= 0.6 is 0 Å². The third-order valence-corrected chi connectivity index (χ3v) is 7.43. The van der Waals surface area contributed by atoms with Crippen molar-refractivity contribution in [3.05, 3.63) is 53.2 Å². The molecule has 0 saturated heterocycles. The molecule has 54 heavy (non-hydrogen) atoms. The second-order valence-electron chi connectivity index (χ2n) is 13.0. The molecule has 0 spiro atoms. The maximum atomic E-state index is 12.2. The molecule has 0 saturated carbocycles. The molecule has 0 aliphatic carbocycles. The number of benzene rings is 2. The summed E-state index contributed by atoms with van der Waals surface area (Å²) in [6, 6.07) is 9.36. The average Bonchev–Trinajstić information content (AvgIpc) is 3.12. The summed E-state index contributed by atoms with van der Waals surface area (Å²) in [6.45, 7) is 10.6. The van der Waals surface area contributed by atoms with Gasteiger partial charge in [0.1, 0.15) is 18.0 Å². The van der Waals surface area contributed by atoms with Crippen LogP contribution in [0.5, 0.6) is 28.7 Å². The number of carbonyl (C=O) groups is 2. The van der Waals surface area contributed by atoms with Gasteiger partial charge in [-0.1, -0.05) is 6.07 Å². The van der Waals surface area contributed by atoms with Crippen molar-refractivity contribution in [3.8, 4) is 28.7 Å². The maximum Gasteiger partial charge on any atom is 0.407 e. The highest BCUT2D eigenvalue weighted by Crippen LogP contribution is 2.39. The number of ether oxygens (including phenoxy) is 8. The highest BCUT2D eigenvalue weighted by molar-refractivity contribution is 5.75. The lowest BCUT2D eigenvalue weighted by molar-refractivity contribution is -0.121. The predicted molar refractivity (Wildman–Crippen MR) is 203 cm³/mol. The number of nitrogens with zero attached hydrogens (tertiary/aromatic N) is 2. The average molecular weight is 757 g/mol. The number of hydrogen-bond donors (Lipinski definition) is 4. The summed E-state index contributed by atoms with van der Waals surface area (Å²) in [5.74, 6) is 3.03. The van der Waals surface area contributed by atoms with Gasteiger partial charge in [0.15, 0.2) is 23.0 Å². The van der Waals surface area contributed by atoms with Crippen LogP contribution < -0.4 is 45.8 Å². The number of aromatic nitrogens is 2. The molecule has 3 aromatic rings. The summed E-state index contributed by atoms with van der Waals surface area (Å²) in [7, 11) is 3.12. The summed E-state index contributed by atoms with van der Waals surface area (Å²) < 4.78 is 45.4. The number of rotatable bonds is 24. The van der Waals surface area contributed by atoms with Crippen molar-refractivity contribution in [3.63, 3.8) is 0 Å². The van der Waals surface area contributed by atoms with E-state index in [1.165, 1.54) is 0 Å². The summed E-state index contributed by atoms with van der Waals surface area (Å²) in [5.41, 5.74) is 13.6. The number of nitrogens with one attached hydrogen (secondary N) is 2. The van der Waals surface area contributed by atoms with E-state index in [4.69, 9.17) is 49.4 Å². The van der Waals surface area contributed by atoms with Gasteiger partial charge in [0, 0.05) is 37.7 Å². The number of carbonyl (C=O) groups excluding carboxylic acids is 2. The number of amides is 2. The molecule has 16 heteroatoms. The van der Waals surface area contributed by atoms with E-state index in [0.29, 0.717) is 113 Å². The van der Waals surface area contributed by atoms with Crippen LogP contribution in [0.2, 0.25) is 0 Å². The van der Waals surface area contributed by atoms with E-state index in [1.54, 1.807) is 41.2 Å². The monoisotopic (exact) mass is 756 g/mol. The molecule has 2 amide bonds. The van der Waals surface area contributed by atoms with Crippen molar-refractivity contribution in [2.45, 2.75) is 65.6 Å². The quantitative estimate of drug-likeness (QED) is 0.0932. The predicted octanol–water partition coefficient (Wildman–Crippen LogP) is 4.45. The maximum absolute atomic E-state index is 12.2. The Morgan fingerprint density at radius 2 is 1.44 bits per heavy atom. The lowest BCUT2D eigenvalue weighted by Gasteiger charge is -2.19. The zero-order valence-electron chi connectivity index (χ0n) is 32.3. The second kappa shape index (κ2) is 22.8. The van der Waals surface area contributed by atoms with Gasteiger partial charge in [-0.15, -0.1) is 0 Å². The van der Waals surface area contributed by atoms with Gasteiger partial charge in [0.2, 0.25) is 17.6 Å². The first-order chi connectivity index (χ1) is 25.9. The van der Waals surface area contributed by atoms with Crippen molar-refractivity contribution in [2.24, 2.45) is 0 Å². The fourth-order valence-electron chi connectivity index (χ4n) is 4.94. The van der Waals surface area contributed by atoms with E-state index in [1.807, 2.05) is 37.3 Å². The summed E-state index contributed by atoms with van der Waals surface area (Å²) in [5, 5.41) is 5.47. The van der Waals surface area contributed by atoms with Crippen LogP contribution in [0.15, 0.2) is 36.5 Å². The molecule has 0 bridgehead atoms. The van der Waals surface area contributed by atoms with Gasteiger partial charge in [0.05, 0.1) is 53.9 Å². The molecule has 0 atom stereocenters. The van der Waals surface area contributed by atoms with Crippen molar-refractivity contribution >= 4 is 23.8 Å². The van der Waals surface area contributed by atoms with E-state index in [9.17, 15) is 9.59 Å². The number of alkyl carbamates (subject to hydrolysis) is 1. The minimum atomic E-state index is -0.542. The van der Waals surface area contributed by atoms with Crippen LogP contribution in [-0.2, 0) is 32.0 Å². The van der Waals surface area contributed by atoms with Gasteiger partial charge in [-0.05, 0) is 75.9 Å². The number of hydrogen-bond acceptors (Lipinski definition) is 14. The molecule has 16 nitrogen and oxygen atoms in total. The topological polar surface area (TPSA) is 210 Å². The Bertz CT molecular complexity index is 1590. The molecule has 2 aromatic carbocycles. The molecular formula is C38H56N6O10. The van der Waals surface area contributed by atoms with Gasteiger partial charge in [-0.25, -0.2) is 9.78 Å². The van der Waals surface area contributed by atoms with Gasteiger partial charge in [-0.3, -0.25) is 4.79 Å². The molecule has 0 radical (unpaired) electrons. The summed E-state index contributed by atoms with van der Waals surface area (Å²) >= 11 is 0. The standard InChI is InChI=1S/C38H56N6O10/c1-7-51-30-21-26(20-28-24-43-36(40)44-35(28)39)11-12-29(30)53-25-27-22-31(47-5)34(32(23-27)48-6)52-15-9-8-10-33(45)41-13-16-49-18-19-50-17-14-42-37(46)54-38(2,3)4/h11-12,21-24H,7-10,13-20,25H2,1-6H3,(H,41,45)(H,42,46)(H4,39,40,43,44). The van der Waals surface area contributed by atoms with Crippen molar-refractivity contribution < 1.29 is 47.5 Å². The minimum absolute atomic E-state index is 0.0641. The lowest BCUT2D eigenvalue weighted by atomic mass is 10.1. The van der Waals surface area contributed by atoms with Crippen LogP contribution in [0, 0.1) is 0 Å². The zero-order valence-corrected chi connectivity index (χ0v) is 32.3. The fourth-order valence-corrected chi connectivity index (χ4v) is 4.94. The highest BCUT2D eigenvalue weighted by Gasteiger charge is 2.17. The lowest BCUT2D eigenvalue weighted by Crippen LogP contribution is -2.34. The number of unbranched alkanes of at least 4 members (excludes halogenated alkanes) is 1. The van der Waals surface area contributed by atoms with E-state index in [-0.39, 0.29) is 18.5 Å². The third kappa shape index (κ3) is 15.8. The molecule has 3 rings (SSSR count). The van der Waals surface area contributed by atoms with E-state index in [0.717, 1.165) is 16.7 Å². The van der Waals surface area contributed by atoms with Crippen LogP contribution in [0.4, 0.5) is 16.6 Å². The number of methoxy groups -OCH3 is 2. The van der Waals surface area contributed by atoms with Crippen molar-refractivity contribution in [1.82, 2.24) is 20.6 Å². The van der Waals surface area contributed by atoms with E-state index < -0.39 is 11.7 Å². The zero-order chi connectivity index (χ0) is 39.3. The molecular weight excluding hydrogens is 700 g/mol. The molecule has 6 N–H and O–H groups in total. The Morgan fingerprint density at radius 1 is 0.778 bits per heavy atom. The van der Waals surface area contributed by atoms with Crippen LogP contribution in [0.25, 0.3) is 0 Å². The molecule has 298 valence electrons. The Kier molecular flexibility index (Phi) is 18.2. The minimum Gasteiger partial charge on any atom is -0.493 e. The largest absolute Gasteiger partial charge is 0.493 e. The highest BCUT2D eigenvalue weighted by atomic mass is 16.6. The Hall–Kier alpha value is -5.22. The van der Waals surface area contributed by atoms with E-state index >= 15 is 0 Å². The van der Waals surface area contributed by atoms with Gasteiger partial charge in [0.25, 0.3) is 0 Å². The first-order valence-electron chi connectivity index (χ1n) is 17.9. The van der Waals surface area contributed by atoms with Crippen LogP contribution in [0.1, 0.15) is 63.6 Å². The third-order valence-electron chi connectivity index (χ3n) is 7.43. The first-order valence-corrected chi connectivity index (χ1v) is 17.9. The fraction of sp³-hybridized carbons (Fsp3) is 0.526. The van der Waals surface area contributed by atoms with Crippen molar-refractivity contribution in [2.75, 3.05) is 78.4 Å². The van der Waals surface area contributed by atoms with Gasteiger partial charge >= 0.3 is 6.09 Å². The summed E-state index contributed by atoms with van der Waals surface area (Å²) in [6.07, 6.45) is 3.29. The van der Waals surface area contributed by atoms with E-state index in [2.05, 4.69) is 20.6 Å². The second-order valence-corrected chi connectivity index (χ2v) is 13.0. The van der Waals surface area contributed by atoms with Gasteiger partial charge < -0.3 is 60.0 Å². The molecule has 1 aromatic heterocycles. The Morgan fingerprint density at radius 3 is 2.07 bits per heavy atom. The smallest absolute Gasteiger partial charge is 0.407 e. The SMILES string of the molecule is CCOc1cc(Cc2cnc(N)nc2N)ccc1OCc1cc(OC)c(OCCCCC(=O)NCCOCCOCCNC(=O)OC(C)(C)C)c(OC)c1. The molecule has 0 aliphatic heterocycles. The Balaban J connectivity index is 1.36. The number of nitrogens with two attached hydrogens (primary N) is 2. The van der Waals surface area contributed by atoms with Crippen molar-refractivity contribution in [1.29, 1.82) is 0 Å². The van der Waals surface area contributed by atoms with Crippen LogP contribution in [0.3, 0.4) is 0 Å². The number of nitrogen functional groups attached to an aromatic ring is 2. The number of anilines is 2. The summed E-state index contributed by atoms with van der Waals surface area (Å²) in [4.78, 5) is 31.9. The molecule has 0 unspecified atom stereocenters. The van der Waals surface area contributed by atoms with Gasteiger partial charge in [-0.2, -0.15) is 4.98 Å². The van der Waals surface area contributed by atoms with Crippen LogP contribution in [-0.4, -0.2) is 94.5 Å². The molecule has 1 heterocycles. The Labute approximate surface area is 317 Å². The molecule has 0 aliphatic rings. The molecule has 0 fully saturated rings. The first kappa shape index (κ1) is 43.2. The normalized spacial score (nSPS) is 11.1.